The molecular formula is C22H21N3O4. The lowest BCUT2D eigenvalue weighted by molar-refractivity contribution is 0.102. The summed E-state index contributed by atoms with van der Waals surface area (Å²) in [7, 11) is 1.65. The molecule has 2 N–H and O–H groups in total. The Labute approximate surface area is 168 Å². The van der Waals surface area contributed by atoms with Gasteiger partial charge >= 0.3 is 0 Å². The standard InChI is InChI=1S/C22H21N3O4/c1-27-19-5-2-15(3-6-19)8-9-24-18-10-16(12-23-13-18)22(26)25-17-4-7-20-21(11-17)29-14-28-20/h2-7,10-13,24H,8-9,14H2,1H3,(H,25,26). The van der Waals surface area contributed by atoms with E-state index < -0.39 is 0 Å². The van der Waals surface area contributed by atoms with Crippen LogP contribution >= 0.6 is 0 Å². The molecule has 1 aliphatic rings. The maximum atomic E-state index is 12.6. The van der Waals surface area contributed by atoms with E-state index in [1.807, 2.05) is 24.3 Å². The van der Waals surface area contributed by atoms with Gasteiger partial charge in [0.25, 0.3) is 5.91 Å². The summed E-state index contributed by atoms with van der Waals surface area (Å²) in [6.07, 6.45) is 4.08. The summed E-state index contributed by atoms with van der Waals surface area (Å²) in [5, 5.41) is 6.16. The van der Waals surface area contributed by atoms with Crippen molar-refractivity contribution in [2.24, 2.45) is 0 Å². The van der Waals surface area contributed by atoms with Gasteiger partial charge in [-0.2, -0.15) is 0 Å². The molecule has 7 nitrogen and oxygen atoms in total. The number of amides is 1. The van der Waals surface area contributed by atoms with Gasteiger partial charge in [0.05, 0.1) is 18.4 Å². The van der Waals surface area contributed by atoms with Crippen molar-refractivity contribution in [3.05, 3.63) is 72.1 Å². The van der Waals surface area contributed by atoms with E-state index in [-0.39, 0.29) is 12.7 Å². The predicted octanol–water partition coefficient (Wildman–Crippen LogP) is 3.73. The Morgan fingerprint density at radius 1 is 1.03 bits per heavy atom. The van der Waals surface area contributed by atoms with Gasteiger partial charge in [-0.1, -0.05) is 12.1 Å². The van der Waals surface area contributed by atoms with Gasteiger partial charge in [0.1, 0.15) is 5.75 Å². The Kier molecular flexibility index (Phi) is 5.47. The Hall–Kier alpha value is -3.74. The van der Waals surface area contributed by atoms with Gasteiger partial charge in [-0.05, 0) is 42.3 Å². The third kappa shape index (κ3) is 4.57. The van der Waals surface area contributed by atoms with Crippen LogP contribution in [0.3, 0.4) is 0 Å². The molecule has 2 aromatic carbocycles. The minimum atomic E-state index is -0.241. The maximum Gasteiger partial charge on any atom is 0.257 e. The highest BCUT2D eigenvalue weighted by atomic mass is 16.7. The quantitative estimate of drug-likeness (QED) is 0.639. The van der Waals surface area contributed by atoms with Gasteiger partial charge in [-0.3, -0.25) is 9.78 Å². The molecule has 0 radical (unpaired) electrons. The van der Waals surface area contributed by atoms with Crippen LogP contribution in [0.4, 0.5) is 11.4 Å². The van der Waals surface area contributed by atoms with Gasteiger partial charge in [0.2, 0.25) is 6.79 Å². The van der Waals surface area contributed by atoms with Crippen LogP contribution in [0.2, 0.25) is 0 Å². The number of aromatic nitrogens is 1. The molecule has 0 fully saturated rings. The third-order valence-corrected chi connectivity index (χ3v) is 4.53. The lowest BCUT2D eigenvalue weighted by Crippen LogP contribution is -2.13. The molecule has 2 heterocycles. The summed E-state index contributed by atoms with van der Waals surface area (Å²) >= 11 is 0. The molecule has 0 aliphatic carbocycles. The van der Waals surface area contributed by atoms with Gasteiger partial charge in [-0.25, -0.2) is 0 Å². The molecule has 1 amide bonds. The maximum absolute atomic E-state index is 12.6. The molecule has 0 saturated heterocycles. The SMILES string of the molecule is COc1ccc(CCNc2cncc(C(=O)Nc3ccc4c(c3)OCO4)c2)cc1. The summed E-state index contributed by atoms with van der Waals surface area (Å²) < 4.78 is 15.8. The number of anilines is 2. The number of fused-ring (bicyclic) bond motifs is 1. The first-order chi connectivity index (χ1) is 14.2. The molecule has 1 aliphatic heterocycles. The number of pyridine rings is 1. The second kappa shape index (κ2) is 8.52. The summed E-state index contributed by atoms with van der Waals surface area (Å²) in [5.74, 6) is 1.89. The van der Waals surface area contributed by atoms with Crippen LogP contribution in [-0.4, -0.2) is 31.3 Å². The minimum Gasteiger partial charge on any atom is -0.497 e. The van der Waals surface area contributed by atoms with Crippen molar-refractivity contribution >= 4 is 17.3 Å². The molecule has 7 heteroatoms. The number of nitrogens with zero attached hydrogens (tertiary/aromatic N) is 1. The molecule has 3 aromatic rings. The van der Waals surface area contributed by atoms with Crippen LogP contribution in [0.5, 0.6) is 17.2 Å². The van der Waals surface area contributed by atoms with E-state index in [2.05, 4.69) is 15.6 Å². The van der Waals surface area contributed by atoms with Crippen molar-refractivity contribution in [2.75, 3.05) is 31.1 Å². The van der Waals surface area contributed by atoms with Crippen molar-refractivity contribution < 1.29 is 19.0 Å². The summed E-state index contributed by atoms with van der Waals surface area (Å²) in [4.78, 5) is 16.7. The highest BCUT2D eigenvalue weighted by Gasteiger charge is 2.15. The number of nitrogens with one attached hydrogen (secondary N) is 2. The number of ether oxygens (including phenoxy) is 3. The Morgan fingerprint density at radius 2 is 1.86 bits per heavy atom. The van der Waals surface area contributed by atoms with Crippen LogP contribution in [0.25, 0.3) is 0 Å². The first-order valence-electron chi connectivity index (χ1n) is 9.24. The summed E-state index contributed by atoms with van der Waals surface area (Å²) in [5.41, 5.74) is 3.09. The van der Waals surface area contributed by atoms with E-state index in [1.54, 1.807) is 37.6 Å². The highest BCUT2D eigenvalue weighted by Crippen LogP contribution is 2.34. The monoisotopic (exact) mass is 391 g/mol. The van der Waals surface area contributed by atoms with Crippen molar-refractivity contribution in [2.45, 2.75) is 6.42 Å². The normalized spacial score (nSPS) is 11.8. The first-order valence-corrected chi connectivity index (χ1v) is 9.24. The number of hydrogen-bond acceptors (Lipinski definition) is 6. The van der Waals surface area contributed by atoms with Crippen molar-refractivity contribution in [3.8, 4) is 17.2 Å². The fourth-order valence-corrected chi connectivity index (χ4v) is 2.98. The van der Waals surface area contributed by atoms with Crippen molar-refractivity contribution in [1.29, 1.82) is 0 Å². The fourth-order valence-electron chi connectivity index (χ4n) is 2.98. The zero-order valence-electron chi connectivity index (χ0n) is 16.0. The zero-order valence-corrected chi connectivity index (χ0v) is 16.0. The minimum absolute atomic E-state index is 0.195. The topological polar surface area (TPSA) is 81.7 Å². The smallest absolute Gasteiger partial charge is 0.257 e. The molecule has 1 aromatic heterocycles. The van der Waals surface area contributed by atoms with Crippen LogP contribution in [-0.2, 0) is 6.42 Å². The second-order valence-electron chi connectivity index (χ2n) is 6.51. The Morgan fingerprint density at radius 3 is 2.69 bits per heavy atom. The third-order valence-electron chi connectivity index (χ3n) is 4.53. The van der Waals surface area contributed by atoms with Crippen molar-refractivity contribution in [1.82, 2.24) is 4.98 Å². The number of hydrogen-bond donors (Lipinski definition) is 2. The van der Waals surface area contributed by atoms with E-state index in [1.165, 1.54) is 11.8 Å². The highest BCUT2D eigenvalue weighted by molar-refractivity contribution is 6.04. The van der Waals surface area contributed by atoms with Crippen LogP contribution in [0.15, 0.2) is 60.9 Å². The fraction of sp³-hybridized carbons (Fsp3) is 0.182. The van der Waals surface area contributed by atoms with E-state index in [9.17, 15) is 4.79 Å². The molecule has 4 rings (SSSR count). The van der Waals surface area contributed by atoms with E-state index >= 15 is 0 Å². The van der Waals surface area contributed by atoms with E-state index in [4.69, 9.17) is 14.2 Å². The molecular weight excluding hydrogens is 370 g/mol. The molecule has 148 valence electrons. The van der Waals surface area contributed by atoms with E-state index in [0.29, 0.717) is 22.7 Å². The molecule has 0 bridgehead atoms. The predicted molar refractivity (Wildman–Crippen MR) is 110 cm³/mol. The first kappa shape index (κ1) is 18.6. The number of rotatable bonds is 7. The summed E-state index contributed by atoms with van der Waals surface area (Å²) in [6.45, 7) is 0.919. The number of benzene rings is 2. The lowest BCUT2D eigenvalue weighted by Gasteiger charge is -2.09. The molecule has 0 spiro atoms. The van der Waals surface area contributed by atoms with Gasteiger partial charge in [0, 0.05) is 30.7 Å². The van der Waals surface area contributed by atoms with Crippen LogP contribution in [0, 0.1) is 0 Å². The average Bonchev–Trinajstić information content (AvgIpc) is 3.22. The number of methoxy groups -OCH3 is 1. The van der Waals surface area contributed by atoms with Crippen LogP contribution < -0.4 is 24.8 Å². The molecule has 0 unspecified atom stereocenters. The van der Waals surface area contributed by atoms with Crippen LogP contribution in [0.1, 0.15) is 15.9 Å². The zero-order chi connectivity index (χ0) is 20.1. The van der Waals surface area contributed by atoms with Gasteiger partial charge in [-0.15, -0.1) is 0 Å². The number of carbonyl (C=O) groups excluding carboxylic acids is 1. The Balaban J connectivity index is 1.34. The largest absolute Gasteiger partial charge is 0.497 e. The lowest BCUT2D eigenvalue weighted by atomic mass is 10.1. The number of carbonyl (C=O) groups is 1. The van der Waals surface area contributed by atoms with Gasteiger partial charge in [0.15, 0.2) is 11.5 Å². The van der Waals surface area contributed by atoms with E-state index in [0.717, 1.165) is 24.4 Å². The molecule has 0 saturated carbocycles. The second-order valence-corrected chi connectivity index (χ2v) is 6.51. The molecule has 0 atom stereocenters. The van der Waals surface area contributed by atoms with Crippen molar-refractivity contribution in [3.63, 3.8) is 0 Å². The summed E-state index contributed by atoms with van der Waals surface area (Å²) in [6, 6.07) is 15.0. The Bertz CT molecular complexity index is 1010. The van der Waals surface area contributed by atoms with Gasteiger partial charge < -0.3 is 24.8 Å². The average molecular weight is 391 g/mol. The molecule has 29 heavy (non-hydrogen) atoms.